The molecule has 98 valence electrons. The zero-order valence-corrected chi connectivity index (χ0v) is 15.0. The maximum absolute atomic E-state index is 2.68. The molecule has 0 unspecified atom stereocenters. The molecule has 0 aromatic heterocycles. The fraction of sp³-hybridized carbons (Fsp3) is 0.400. The fourth-order valence-corrected chi connectivity index (χ4v) is 25.6. The smallest absolute Gasteiger partial charge is 1.00 e. The molecule has 0 aromatic rings. The van der Waals surface area contributed by atoms with Crippen molar-refractivity contribution in [1.82, 2.24) is 0 Å². The predicted octanol–water partition coefficient (Wildman–Crippen LogP) is -1.57. The number of hydrogen-bond donors (Lipinski definition) is 0. The molecule has 0 amide bonds. The van der Waals surface area contributed by atoms with E-state index in [-0.39, 0.29) is 24.8 Å². The van der Waals surface area contributed by atoms with Crippen molar-refractivity contribution >= 4 is 3.21 Å². The summed E-state index contributed by atoms with van der Waals surface area (Å²) in [7, 11) is 0. The van der Waals surface area contributed by atoms with Gasteiger partial charge in [-0.15, -0.1) is 0 Å². The molecular formula is C15H20Cl2Zr. The minimum absolute atomic E-state index is 0. The predicted molar refractivity (Wildman–Crippen MR) is 69.6 cm³/mol. The van der Waals surface area contributed by atoms with Crippen LogP contribution in [0.3, 0.4) is 0 Å². The molecule has 0 N–H and O–H groups in total. The molecule has 0 saturated carbocycles. The summed E-state index contributed by atoms with van der Waals surface area (Å²) in [5, 5.41) is 0. The molecule has 1 saturated heterocycles. The van der Waals surface area contributed by atoms with Crippen molar-refractivity contribution in [2.24, 2.45) is 0 Å². The fourth-order valence-electron chi connectivity index (χ4n) is 3.97. The first kappa shape index (κ1) is 16.3. The average molecular weight is 362 g/mol. The molecule has 3 heteroatoms. The zero-order chi connectivity index (χ0) is 11.3. The topological polar surface area (TPSA) is 0 Å². The van der Waals surface area contributed by atoms with Gasteiger partial charge in [0.05, 0.1) is 0 Å². The minimum Gasteiger partial charge on any atom is -1.00 e. The van der Waals surface area contributed by atoms with Gasteiger partial charge in [-0.25, -0.2) is 0 Å². The van der Waals surface area contributed by atoms with Gasteiger partial charge in [-0.3, -0.25) is 0 Å². The van der Waals surface area contributed by atoms with Crippen molar-refractivity contribution in [3.8, 4) is 0 Å². The Morgan fingerprint density at radius 2 is 1.33 bits per heavy atom. The Morgan fingerprint density at radius 1 is 0.889 bits per heavy atom. The molecule has 3 aliphatic rings. The summed E-state index contributed by atoms with van der Waals surface area (Å²) in [5.74, 6) is 0. The van der Waals surface area contributed by atoms with Crippen LogP contribution in [0.1, 0.15) is 26.7 Å². The SMILES string of the molecule is C[C](C)=[Zr+2]1([C]2=CC=CC2)([C]2=CC=CC2)[CH2][CH2]1.[Cl-].[Cl-]. The molecule has 1 fully saturated rings. The molecule has 3 rings (SSSR count). The molecule has 0 radical (unpaired) electrons. The van der Waals surface area contributed by atoms with Crippen molar-refractivity contribution < 1.29 is 43.1 Å². The van der Waals surface area contributed by atoms with Gasteiger partial charge in [-0.2, -0.15) is 0 Å². The Kier molecular flexibility index (Phi) is 4.86. The summed E-state index contributed by atoms with van der Waals surface area (Å²) in [5.41, 5.74) is 0. The second-order valence-electron chi connectivity index (χ2n) is 5.83. The summed E-state index contributed by atoms with van der Waals surface area (Å²) in [6, 6.07) is 0. The van der Waals surface area contributed by atoms with E-state index in [4.69, 9.17) is 0 Å². The van der Waals surface area contributed by atoms with Crippen LogP contribution >= 0.6 is 0 Å². The summed E-state index contributed by atoms with van der Waals surface area (Å²) in [6.45, 7) is 4.83. The molecule has 2 aliphatic carbocycles. The summed E-state index contributed by atoms with van der Waals surface area (Å²) in [4.78, 5) is 0. The van der Waals surface area contributed by atoms with E-state index >= 15 is 0 Å². The summed E-state index contributed by atoms with van der Waals surface area (Å²) in [6.07, 6.45) is 16.6. The van der Waals surface area contributed by atoms with E-state index in [1.165, 1.54) is 21.1 Å². The van der Waals surface area contributed by atoms with Crippen LogP contribution < -0.4 is 24.8 Å². The van der Waals surface area contributed by atoms with Gasteiger partial charge in [0.1, 0.15) is 0 Å². The summed E-state index contributed by atoms with van der Waals surface area (Å²) >= 11 is -2.68. The van der Waals surface area contributed by atoms with Crippen LogP contribution in [-0.4, -0.2) is 3.21 Å². The Balaban J connectivity index is 0.000000810. The molecule has 1 heterocycles. The Bertz CT molecular complexity index is 497. The molecule has 1 aliphatic heterocycles. The second kappa shape index (κ2) is 5.35. The van der Waals surface area contributed by atoms with Crippen LogP contribution in [-0.2, 0) is 18.3 Å². The van der Waals surface area contributed by atoms with Crippen LogP contribution in [0.25, 0.3) is 0 Å². The monoisotopic (exact) mass is 360 g/mol. The minimum atomic E-state index is -2.68. The van der Waals surface area contributed by atoms with E-state index in [9.17, 15) is 0 Å². The molecular weight excluding hydrogens is 342 g/mol. The summed E-state index contributed by atoms with van der Waals surface area (Å²) < 4.78 is 8.55. The quantitative estimate of drug-likeness (QED) is 0.557. The van der Waals surface area contributed by atoms with E-state index in [1.54, 1.807) is 3.21 Å². The third-order valence-corrected chi connectivity index (χ3v) is 25.6. The van der Waals surface area contributed by atoms with E-state index in [0.717, 1.165) is 0 Å². The van der Waals surface area contributed by atoms with Gasteiger partial charge in [0.25, 0.3) is 0 Å². The number of rotatable bonds is 2. The third-order valence-electron chi connectivity index (χ3n) is 5.30. The largest absolute Gasteiger partial charge is 1.00 e. The van der Waals surface area contributed by atoms with Crippen LogP contribution in [0.2, 0.25) is 8.26 Å². The van der Waals surface area contributed by atoms with Crippen molar-refractivity contribution in [1.29, 1.82) is 0 Å². The standard InChI is InChI=1S/2C5H5.C3H6.C2H4.2ClH.Zr/c2*1-2-4-5-3-1;1-3-2;1-2;;;/h2*1-3H,4H2;1-2H3;1-2H2;2*1H;/q;;;;;;+2/p-2. The normalized spacial score (nSPS) is 21.6. The van der Waals surface area contributed by atoms with E-state index < -0.39 is 18.3 Å². The third kappa shape index (κ3) is 1.86. The average Bonchev–Trinajstić information content (AvgIpc) is 2.79. The van der Waals surface area contributed by atoms with Crippen LogP contribution in [0.5, 0.6) is 0 Å². The maximum Gasteiger partial charge on any atom is -1.00 e. The van der Waals surface area contributed by atoms with Gasteiger partial charge < -0.3 is 24.8 Å². The van der Waals surface area contributed by atoms with Crippen molar-refractivity contribution in [3.05, 3.63) is 43.0 Å². The van der Waals surface area contributed by atoms with Gasteiger partial charge in [0.15, 0.2) is 0 Å². The Morgan fingerprint density at radius 3 is 1.56 bits per heavy atom. The van der Waals surface area contributed by atoms with Crippen LogP contribution in [0.15, 0.2) is 43.0 Å². The van der Waals surface area contributed by atoms with E-state index in [0.29, 0.717) is 0 Å². The number of allylic oxidation sites excluding steroid dienone is 8. The molecule has 0 aromatic carbocycles. The molecule has 18 heavy (non-hydrogen) atoms. The molecule has 0 atom stereocenters. The van der Waals surface area contributed by atoms with Crippen molar-refractivity contribution in [2.75, 3.05) is 0 Å². The van der Waals surface area contributed by atoms with Gasteiger partial charge in [0.2, 0.25) is 0 Å². The van der Waals surface area contributed by atoms with Crippen molar-refractivity contribution in [2.45, 2.75) is 34.9 Å². The number of halogens is 2. The maximum atomic E-state index is 2.45. The van der Waals surface area contributed by atoms with Crippen LogP contribution in [0.4, 0.5) is 0 Å². The molecule has 0 spiro atoms. The Hall–Kier alpha value is 0.293. The van der Waals surface area contributed by atoms with E-state index in [1.807, 2.05) is 6.56 Å². The van der Waals surface area contributed by atoms with Gasteiger partial charge in [0, 0.05) is 0 Å². The first-order valence-electron chi connectivity index (χ1n) is 6.39. The van der Waals surface area contributed by atoms with Gasteiger partial charge >= 0.3 is 99.5 Å². The van der Waals surface area contributed by atoms with Gasteiger partial charge in [-0.05, 0) is 0 Å². The van der Waals surface area contributed by atoms with Crippen molar-refractivity contribution in [3.63, 3.8) is 0 Å². The molecule has 0 bridgehead atoms. The Labute approximate surface area is 123 Å². The van der Waals surface area contributed by atoms with Crippen LogP contribution in [0, 0.1) is 0 Å². The van der Waals surface area contributed by atoms with E-state index in [2.05, 4.69) is 50.3 Å². The number of hydrogen-bond acceptors (Lipinski definition) is 0. The van der Waals surface area contributed by atoms with Gasteiger partial charge in [-0.1, -0.05) is 0 Å². The second-order valence-corrected chi connectivity index (χ2v) is 22.2. The first-order valence-corrected chi connectivity index (χ1v) is 13.6. The molecule has 0 nitrogen and oxygen atoms in total. The zero-order valence-electron chi connectivity index (χ0n) is 11.0. The first-order chi connectivity index (χ1) is 7.69.